The number of benzene rings is 1. The van der Waals surface area contributed by atoms with Crippen molar-refractivity contribution in [3.63, 3.8) is 0 Å². The summed E-state index contributed by atoms with van der Waals surface area (Å²) in [6.45, 7) is 1.66. The zero-order chi connectivity index (χ0) is 13.8. The average molecular weight is 273 g/mol. The monoisotopic (exact) mass is 273 g/mol. The number of phenols is 1. The van der Waals surface area contributed by atoms with Gasteiger partial charge in [0, 0.05) is 18.4 Å². The minimum absolute atomic E-state index is 0.0173. The molecule has 0 saturated carbocycles. The van der Waals surface area contributed by atoms with E-state index < -0.39 is 23.1 Å². The van der Waals surface area contributed by atoms with Crippen LogP contribution in [0.5, 0.6) is 5.75 Å². The van der Waals surface area contributed by atoms with Gasteiger partial charge in [-0.2, -0.15) is 11.8 Å². The molecule has 0 fully saturated rings. The van der Waals surface area contributed by atoms with Gasteiger partial charge in [0.25, 0.3) is 5.91 Å². The van der Waals surface area contributed by atoms with Crippen LogP contribution in [-0.2, 0) is 0 Å². The smallest absolute Gasteiger partial charge is 0.255 e. The predicted octanol–water partition coefficient (Wildman–Crippen LogP) is 1.38. The molecule has 1 amide bonds. The van der Waals surface area contributed by atoms with Gasteiger partial charge in [-0.05, 0) is 25.3 Å². The van der Waals surface area contributed by atoms with Crippen molar-refractivity contribution < 1.29 is 19.4 Å². The van der Waals surface area contributed by atoms with Crippen LogP contribution < -0.4 is 5.32 Å². The first-order valence-corrected chi connectivity index (χ1v) is 6.73. The van der Waals surface area contributed by atoms with Gasteiger partial charge in [-0.1, -0.05) is 0 Å². The summed E-state index contributed by atoms with van der Waals surface area (Å²) in [5, 5.41) is 21.8. The van der Waals surface area contributed by atoms with Crippen LogP contribution in [-0.4, -0.2) is 40.3 Å². The Kier molecular flexibility index (Phi) is 4.98. The average Bonchev–Trinajstić information content (AvgIpc) is 2.26. The van der Waals surface area contributed by atoms with Crippen LogP contribution in [0.3, 0.4) is 0 Å². The Bertz CT molecular complexity index is 437. The van der Waals surface area contributed by atoms with Gasteiger partial charge < -0.3 is 15.5 Å². The van der Waals surface area contributed by atoms with Crippen molar-refractivity contribution in [2.45, 2.75) is 12.5 Å². The summed E-state index contributed by atoms with van der Waals surface area (Å²) < 4.78 is 12.8. The molecule has 0 aliphatic carbocycles. The molecule has 1 aromatic carbocycles. The quantitative estimate of drug-likeness (QED) is 0.758. The largest absolute Gasteiger partial charge is 0.507 e. The molecule has 1 aromatic rings. The number of amides is 1. The second-order valence-corrected chi connectivity index (χ2v) is 5.14. The second-order valence-electron chi connectivity index (χ2n) is 4.27. The fraction of sp³-hybridized carbons (Fsp3) is 0.417. The molecule has 4 nitrogen and oxygen atoms in total. The van der Waals surface area contributed by atoms with Crippen LogP contribution in [0.2, 0.25) is 0 Å². The zero-order valence-electron chi connectivity index (χ0n) is 10.2. The van der Waals surface area contributed by atoms with Gasteiger partial charge >= 0.3 is 0 Å². The van der Waals surface area contributed by atoms with Gasteiger partial charge in [0.1, 0.15) is 11.6 Å². The number of thioether (sulfide) groups is 1. The lowest BCUT2D eigenvalue weighted by Crippen LogP contribution is -2.42. The number of carbonyl (C=O) groups is 1. The topological polar surface area (TPSA) is 69.6 Å². The van der Waals surface area contributed by atoms with E-state index in [1.165, 1.54) is 17.8 Å². The molecule has 1 rings (SSSR count). The van der Waals surface area contributed by atoms with Crippen molar-refractivity contribution in [1.82, 2.24) is 5.32 Å². The molecule has 0 aliphatic rings. The van der Waals surface area contributed by atoms with Crippen molar-refractivity contribution in [1.29, 1.82) is 0 Å². The Morgan fingerprint density at radius 1 is 1.56 bits per heavy atom. The van der Waals surface area contributed by atoms with Crippen LogP contribution in [0.1, 0.15) is 17.3 Å². The first-order valence-electron chi connectivity index (χ1n) is 5.34. The number of aromatic hydroxyl groups is 1. The van der Waals surface area contributed by atoms with E-state index in [1.54, 1.807) is 6.92 Å². The van der Waals surface area contributed by atoms with Gasteiger partial charge in [0.2, 0.25) is 0 Å². The Hall–Kier alpha value is -1.27. The van der Waals surface area contributed by atoms with E-state index in [0.29, 0.717) is 5.75 Å². The zero-order valence-corrected chi connectivity index (χ0v) is 11.1. The second kappa shape index (κ2) is 6.06. The van der Waals surface area contributed by atoms with Crippen LogP contribution >= 0.6 is 11.8 Å². The molecule has 100 valence electrons. The number of nitrogens with one attached hydrogen (secondary N) is 1. The molecule has 0 spiro atoms. The lowest BCUT2D eigenvalue weighted by atomic mass is 10.1. The molecule has 1 atom stereocenters. The molecule has 6 heteroatoms. The molecule has 0 aliphatic heterocycles. The van der Waals surface area contributed by atoms with Gasteiger partial charge in [-0.3, -0.25) is 4.79 Å². The Morgan fingerprint density at radius 2 is 2.22 bits per heavy atom. The Balaban J connectivity index is 2.66. The van der Waals surface area contributed by atoms with Gasteiger partial charge in [0.15, 0.2) is 0 Å². The summed E-state index contributed by atoms with van der Waals surface area (Å²) in [7, 11) is 0. The maximum atomic E-state index is 12.8. The van der Waals surface area contributed by atoms with E-state index >= 15 is 0 Å². The number of hydrogen-bond acceptors (Lipinski definition) is 4. The molecule has 0 saturated heterocycles. The summed E-state index contributed by atoms with van der Waals surface area (Å²) in [6, 6.07) is 3.16. The first-order chi connectivity index (χ1) is 8.35. The van der Waals surface area contributed by atoms with E-state index in [4.69, 9.17) is 0 Å². The maximum Gasteiger partial charge on any atom is 0.255 e. The molecular formula is C12H16FNO3S. The lowest BCUT2D eigenvalue weighted by Gasteiger charge is -2.22. The highest BCUT2D eigenvalue weighted by Gasteiger charge is 2.21. The summed E-state index contributed by atoms with van der Waals surface area (Å²) in [4.78, 5) is 11.7. The molecule has 0 unspecified atom stereocenters. The van der Waals surface area contributed by atoms with E-state index in [0.717, 1.165) is 12.1 Å². The summed E-state index contributed by atoms with van der Waals surface area (Å²) in [5.74, 6) is -1.10. The van der Waals surface area contributed by atoms with Crippen LogP contribution in [0.15, 0.2) is 18.2 Å². The van der Waals surface area contributed by atoms with Crippen LogP contribution in [0.25, 0.3) is 0 Å². The molecular weight excluding hydrogens is 257 g/mol. The third kappa shape index (κ3) is 4.19. The van der Waals surface area contributed by atoms with Gasteiger partial charge in [-0.15, -0.1) is 0 Å². The van der Waals surface area contributed by atoms with Crippen molar-refractivity contribution in [2.24, 2.45) is 0 Å². The minimum atomic E-state index is -1.02. The van der Waals surface area contributed by atoms with Crippen molar-refractivity contribution in [3.8, 4) is 5.75 Å². The number of aliphatic hydroxyl groups is 1. The third-order valence-electron chi connectivity index (χ3n) is 2.29. The number of phenolic OH excluding ortho intramolecular Hbond substituents is 1. The molecule has 0 radical (unpaired) electrons. The van der Waals surface area contributed by atoms with Crippen LogP contribution in [0.4, 0.5) is 4.39 Å². The van der Waals surface area contributed by atoms with E-state index in [1.807, 2.05) is 6.26 Å². The van der Waals surface area contributed by atoms with Crippen molar-refractivity contribution in [2.75, 3.05) is 18.6 Å². The predicted molar refractivity (Wildman–Crippen MR) is 69.4 cm³/mol. The number of halogens is 1. The van der Waals surface area contributed by atoms with Gasteiger partial charge in [-0.25, -0.2) is 4.39 Å². The highest BCUT2D eigenvalue weighted by molar-refractivity contribution is 7.98. The standard InChI is InChI=1S/C12H16FNO3S/c1-12(17,7-18-2)6-14-11(16)9-4-3-8(13)5-10(9)15/h3-5,15,17H,6-7H2,1-2H3,(H,14,16)/t12-/m1/s1. The fourth-order valence-electron chi connectivity index (χ4n) is 1.42. The lowest BCUT2D eigenvalue weighted by molar-refractivity contribution is 0.0723. The normalized spacial score (nSPS) is 14.0. The maximum absolute atomic E-state index is 12.8. The molecule has 0 heterocycles. The van der Waals surface area contributed by atoms with Crippen LogP contribution in [0, 0.1) is 5.82 Å². The summed E-state index contributed by atoms with van der Waals surface area (Å²) in [6.07, 6.45) is 1.85. The highest BCUT2D eigenvalue weighted by Crippen LogP contribution is 2.18. The third-order valence-corrected chi connectivity index (χ3v) is 3.20. The number of carbonyl (C=O) groups excluding carboxylic acids is 1. The minimum Gasteiger partial charge on any atom is -0.507 e. The Labute approximate surface area is 109 Å². The number of rotatable bonds is 5. The molecule has 18 heavy (non-hydrogen) atoms. The van der Waals surface area contributed by atoms with Crippen molar-refractivity contribution >= 4 is 17.7 Å². The van der Waals surface area contributed by atoms with Gasteiger partial charge in [0.05, 0.1) is 11.2 Å². The summed E-state index contributed by atoms with van der Waals surface area (Å²) >= 11 is 1.46. The first kappa shape index (κ1) is 14.8. The van der Waals surface area contributed by atoms with E-state index in [2.05, 4.69) is 5.32 Å². The highest BCUT2D eigenvalue weighted by atomic mass is 32.2. The van der Waals surface area contributed by atoms with E-state index in [-0.39, 0.29) is 12.1 Å². The SMILES string of the molecule is CSC[C@](C)(O)CNC(=O)c1ccc(F)cc1O. The molecule has 3 N–H and O–H groups in total. The van der Waals surface area contributed by atoms with E-state index in [9.17, 15) is 19.4 Å². The summed E-state index contributed by atoms with van der Waals surface area (Å²) in [5.41, 5.74) is -1.04. The molecule has 0 bridgehead atoms. The van der Waals surface area contributed by atoms with Crippen molar-refractivity contribution in [3.05, 3.63) is 29.6 Å². The number of hydrogen-bond donors (Lipinski definition) is 3. The Morgan fingerprint density at radius 3 is 2.78 bits per heavy atom. The molecule has 0 aromatic heterocycles. The fourth-order valence-corrected chi connectivity index (χ4v) is 2.15.